The van der Waals surface area contributed by atoms with Crippen molar-refractivity contribution in [2.75, 3.05) is 26.7 Å². The highest BCUT2D eigenvalue weighted by atomic mass is 16.2. The summed E-state index contributed by atoms with van der Waals surface area (Å²) < 4.78 is 0. The number of nitrogens with one attached hydrogen (secondary N) is 2. The van der Waals surface area contributed by atoms with Crippen molar-refractivity contribution in [1.82, 2.24) is 15.5 Å². The maximum absolute atomic E-state index is 11.4. The molecule has 0 radical (unpaired) electrons. The van der Waals surface area contributed by atoms with E-state index >= 15 is 0 Å². The largest absolute Gasteiger partial charge is 0.341 e. The summed E-state index contributed by atoms with van der Waals surface area (Å²) in [4.78, 5) is 24.3. The van der Waals surface area contributed by atoms with E-state index in [2.05, 4.69) is 22.5 Å². The predicted molar refractivity (Wildman–Crippen MR) is 57.4 cm³/mol. The zero-order valence-electron chi connectivity index (χ0n) is 9.38. The fourth-order valence-corrected chi connectivity index (χ4v) is 1.86. The number of likely N-dealkylation sites (tertiary alicyclic amines) is 1. The highest BCUT2D eigenvalue weighted by molar-refractivity contribution is 5.95. The van der Waals surface area contributed by atoms with E-state index in [1.54, 1.807) is 0 Å². The van der Waals surface area contributed by atoms with Gasteiger partial charge in [-0.2, -0.15) is 0 Å². The lowest BCUT2D eigenvalue weighted by Gasteiger charge is -2.29. The van der Waals surface area contributed by atoms with E-state index in [1.807, 2.05) is 0 Å². The van der Waals surface area contributed by atoms with Gasteiger partial charge in [-0.25, -0.2) is 4.79 Å². The van der Waals surface area contributed by atoms with Gasteiger partial charge < -0.3 is 5.32 Å². The molecule has 0 bridgehead atoms. The van der Waals surface area contributed by atoms with E-state index < -0.39 is 6.03 Å². The average molecular weight is 213 g/mol. The molecule has 1 unspecified atom stereocenters. The Kier molecular flexibility index (Phi) is 4.55. The van der Waals surface area contributed by atoms with Crippen molar-refractivity contribution >= 4 is 11.9 Å². The van der Waals surface area contributed by atoms with Crippen LogP contribution >= 0.6 is 0 Å². The monoisotopic (exact) mass is 213 g/mol. The molecule has 0 saturated carbocycles. The van der Waals surface area contributed by atoms with Gasteiger partial charge in [-0.3, -0.25) is 15.0 Å². The molecule has 0 spiro atoms. The summed E-state index contributed by atoms with van der Waals surface area (Å²) in [7, 11) is 1.49. The summed E-state index contributed by atoms with van der Waals surface area (Å²) in [5, 5.41) is 4.61. The third kappa shape index (κ3) is 4.29. The normalized spacial score (nSPS) is 22.1. The summed E-state index contributed by atoms with van der Waals surface area (Å²) in [6.07, 6.45) is 2.36. The van der Waals surface area contributed by atoms with Gasteiger partial charge in [0.1, 0.15) is 0 Å². The number of hydrogen-bond donors (Lipinski definition) is 2. The van der Waals surface area contributed by atoms with Crippen molar-refractivity contribution in [2.24, 2.45) is 5.92 Å². The van der Waals surface area contributed by atoms with Gasteiger partial charge in [-0.1, -0.05) is 6.92 Å². The van der Waals surface area contributed by atoms with Crippen molar-refractivity contribution in [2.45, 2.75) is 19.8 Å². The number of amides is 3. The molecule has 1 atom stereocenters. The first-order valence-electron chi connectivity index (χ1n) is 5.35. The summed E-state index contributed by atoms with van der Waals surface area (Å²) in [6.45, 7) is 4.40. The maximum atomic E-state index is 11.4. The number of imide groups is 1. The van der Waals surface area contributed by atoms with E-state index in [9.17, 15) is 9.59 Å². The quantitative estimate of drug-likeness (QED) is 0.687. The lowest BCUT2D eigenvalue weighted by atomic mass is 10.0. The number of hydrogen-bond acceptors (Lipinski definition) is 3. The molecule has 0 aromatic rings. The zero-order chi connectivity index (χ0) is 11.3. The second-order valence-corrected chi connectivity index (χ2v) is 4.11. The molecule has 0 aliphatic carbocycles. The highest BCUT2D eigenvalue weighted by Gasteiger charge is 2.18. The van der Waals surface area contributed by atoms with Crippen LogP contribution in [0.5, 0.6) is 0 Å². The van der Waals surface area contributed by atoms with Crippen LogP contribution in [0.3, 0.4) is 0 Å². The molecule has 1 heterocycles. The van der Waals surface area contributed by atoms with Crippen molar-refractivity contribution in [3.63, 3.8) is 0 Å². The third-order valence-corrected chi connectivity index (χ3v) is 2.59. The van der Waals surface area contributed by atoms with Gasteiger partial charge in [0.2, 0.25) is 5.91 Å². The molecule has 1 aliphatic rings. The number of carbonyl (C=O) groups excluding carboxylic acids is 2. The Hall–Kier alpha value is -1.10. The lowest BCUT2D eigenvalue weighted by molar-refractivity contribution is -0.121. The lowest BCUT2D eigenvalue weighted by Crippen LogP contribution is -2.45. The van der Waals surface area contributed by atoms with Crippen molar-refractivity contribution in [3.8, 4) is 0 Å². The van der Waals surface area contributed by atoms with Crippen LogP contribution in [0.15, 0.2) is 0 Å². The first-order chi connectivity index (χ1) is 7.11. The highest BCUT2D eigenvalue weighted by Crippen LogP contribution is 2.14. The predicted octanol–water partition coefficient (Wildman–Crippen LogP) is 0.174. The van der Waals surface area contributed by atoms with E-state index in [4.69, 9.17) is 0 Å². The SMILES string of the molecule is CNC(=O)NC(=O)CN1CCCC(C)C1. The molecule has 5 heteroatoms. The van der Waals surface area contributed by atoms with Crippen molar-refractivity contribution in [1.29, 1.82) is 0 Å². The number of urea groups is 1. The van der Waals surface area contributed by atoms with E-state index in [0.29, 0.717) is 12.5 Å². The summed E-state index contributed by atoms with van der Waals surface area (Å²) in [5.41, 5.74) is 0. The Morgan fingerprint density at radius 1 is 1.47 bits per heavy atom. The molecule has 86 valence electrons. The van der Waals surface area contributed by atoms with Gasteiger partial charge in [-0.15, -0.1) is 0 Å². The minimum absolute atomic E-state index is 0.233. The topological polar surface area (TPSA) is 61.4 Å². The second kappa shape index (κ2) is 5.70. The van der Waals surface area contributed by atoms with Gasteiger partial charge in [0.15, 0.2) is 0 Å². The summed E-state index contributed by atoms with van der Waals surface area (Å²) in [5.74, 6) is 0.412. The minimum Gasteiger partial charge on any atom is -0.341 e. The molecule has 0 aromatic heterocycles. The maximum Gasteiger partial charge on any atom is 0.321 e. The van der Waals surface area contributed by atoms with E-state index in [1.165, 1.54) is 13.5 Å². The molecular weight excluding hydrogens is 194 g/mol. The number of carbonyl (C=O) groups is 2. The molecule has 5 nitrogen and oxygen atoms in total. The number of rotatable bonds is 2. The Bertz CT molecular complexity index is 243. The Morgan fingerprint density at radius 3 is 2.80 bits per heavy atom. The van der Waals surface area contributed by atoms with Gasteiger partial charge in [0.05, 0.1) is 6.54 Å². The minimum atomic E-state index is -0.440. The van der Waals surface area contributed by atoms with Gasteiger partial charge in [0, 0.05) is 13.6 Å². The molecule has 2 N–H and O–H groups in total. The molecule has 3 amide bonds. The smallest absolute Gasteiger partial charge is 0.321 e. The first kappa shape index (κ1) is 12.0. The van der Waals surface area contributed by atoms with Crippen LogP contribution in [0.4, 0.5) is 4.79 Å². The first-order valence-corrected chi connectivity index (χ1v) is 5.35. The Morgan fingerprint density at radius 2 is 2.20 bits per heavy atom. The molecule has 1 rings (SSSR count). The van der Waals surface area contributed by atoms with Crippen molar-refractivity contribution in [3.05, 3.63) is 0 Å². The van der Waals surface area contributed by atoms with Gasteiger partial charge >= 0.3 is 6.03 Å². The molecule has 0 aromatic carbocycles. The van der Waals surface area contributed by atoms with Crippen LogP contribution in [0.2, 0.25) is 0 Å². The van der Waals surface area contributed by atoms with Crippen LogP contribution in [0, 0.1) is 5.92 Å². The molecular formula is C10H19N3O2. The Labute approximate surface area is 90.2 Å². The van der Waals surface area contributed by atoms with Crippen molar-refractivity contribution < 1.29 is 9.59 Å². The zero-order valence-corrected chi connectivity index (χ0v) is 9.38. The summed E-state index contributed by atoms with van der Waals surface area (Å²) >= 11 is 0. The molecule has 15 heavy (non-hydrogen) atoms. The Balaban J connectivity index is 2.27. The molecule has 1 fully saturated rings. The molecule has 1 aliphatic heterocycles. The third-order valence-electron chi connectivity index (χ3n) is 2.59. The van der Waals surface area contributed by atoms with Crippen LogP contribution < -0.4 is 10.6 Å². The number of nitrogens with zero attached hydrogens (tertiary/aromatic N) is 1. The standard InChI is InChI=1S/C10H19N3O2/c1-8-4-3-5-13(6-8)7-9(14)12-10(15)11-2/h8H,3-7H2,1-2H3,(H2,11,12,14,15). The van der Waals surface area contributed by atoms with Crippen LogP contribution in [-0.4, -0.2) is 43.5 Å². The van der Waals surface area contributed by atoms with Crippen LogP contribution in [-0.2, 0) is 4.79 Å². The second-order valence-electron chi connectivity index (χ2n) is 4.11. The van der Waals surface area contributed by atoms with E-state index in [-0.39, 0.29) is 5.91 Å². The van der Waals surface area contributed by atoms with Crippen LogP contribution in [0.1, 0.15) is 19.8 Å². The number of piperidine rings is 1. The van der Waals surface area contributed by atoms with Gasteiger partial charge in [-0.05, 0) is 25.3 Å². The van der Waals surface area contributed by atoms with Gasteiger partial charge in [0.25, 0.3) is 0 Å². The van der Waals surface area contributed by atoms with Crippen LogP contribution in [0.25, 0.3) is 0 Å². The fourth-order valence-electron chi connectivity index (χ4n) is 1.86. The van der Waals surface area contributed by atoms with E-state index in [0.717, 1.165) is 19.5 Å². The summed E-state index contributed by atoms with van der Waals surface area (Å²) in [6, 6.07) is -0.440. The fraction of sp³-hybridized carbons (Fsp3) is 0.800. The molecule has 1 saturated heterocycles. The average Bonchev–Trinajstić information content (AvgIpc) is 2.17.